The molecule has 0 bridgehead atoms. The first-order valence-corrected chi connectivity index (χ1v) is 9.38. The van der Waals surface area contributed by atoms with Crippen molar-refractivity contribution in [2.24, 2.45) is 0 Å². The summed E-state index contributed by atoms with van der Waals surface area (Å²) in [7, 11) is 0. The fourth-order valence-electron chi connectivity index (χ4n) is 3.38. The summed E-state index contributed by atoms with van der Waals surface area (Å²) in [6.45, 7) is -0.627. The van der Waals surface area contributed by atoms with Crippen LogP contribution in [0.4, 0.5) is 0 Å². The van der Waals surface area contributed by atoms with Crippen LogP contribution in [0.5, 0.6) is 23.0 Å². The van der Waals surface area contributed by atoms with Gasteiger partial charge in [0.05, 0.1) is 18.2 Å². The minimum atomic E-state index is -1.66. The second kappa shape index (κ2) is 8.17. The molecule has 31 heavy (non-hydrogen) atoms. The summed E-state index contributed by atoms with van der Waals surface area (Å²) in [6, 6.07) is 9.66. The summed E-state index contributed by atoms with van der Waals surface area (Å²) in [5, 5.41) is 69.4. The monoisotopic (exact) mass is 433 g/mol. The normalized spacial score (nSPS) is 26.1. The lowest BCUT2D eigenvalue weighted by molar-refractivity contribution is -0.277. The number of aliphatic hydroxyl groups excluding tert-OH is 4. The molecule has 1 aliphatic rings. The molecule has 0 amide bonds. The largest absolute Gasteiger partial charge is 0.508 e. The number of phenols is 3. The first-order valence-electron chi connectivity index (χ1n) is 9.38. The number of aromatic hydroxyl groups is 3. The molecule has 10 nitrogen and oxygen atoms in total. The van der Waals surface area contributed by atoms with Crippen LogP contribution >= 0.6 is 0 Å². The van der Waals surface area contributed by atoms with E-state index in [-0.39, 0.29) is 39.7 Å². The quantitative estimate of drug-likeness (QED) is 0.290. The highest BCUT2D eigenvalue weighted by Crippen LogP contribution is 2.40. The predicted octanol–water partition coefficient (Wildman–Crippen LogP) is 0.676. The summed E-state index contributed by atoms with van der Waals surface area (Å²) >= 11 is 0. The van der Waals surface area contributed by atoms with Crippen molar-refractivity contribution in [3.63, 3.8) is 0 Å². The number of fused-ring (bicyclic) bond motifs is 1. The Labute approximate surface area is 175 Å². The number of aliphatic hydroxyl groups is 4. The molecule has 4 rings (SSSR count). The van der Waals surface area contributed by atoms with Crippen LogP contribution in [0.3, 0.4) is 0 Å². The molecule has 0 radical (unpaired) electrons. The third kappa shape index (κ3) is 3.94. The molecule has 0 saturated carbocycles. The zero-order valence-electron chi connectivity index (χ0n) is 16.0. The van der Waals surface area contributed by atoms with Gasteiger partial charge in [-0.2, -0.15) is 0 Å². The van der Waals surface area contributed by atoms with Crippen molar-refractivity contribution < 1.29 is 49.6 Å². The van der Waals surface area contributed by atoms with Gasteiger partial charge in [0.25, 0.3) is 0 Å². The first kappa shape index (κ1) is 21.1. The zero-order chi connectivity index (χ0) is 22.3. The van der Waals surface area contributed by atoms with E-state index in [2.05, 4.69) is 0 Å². The molecular formula is C21H21O10+. The van der Waals surface area contributed by atoms with Crippen LogP contribution in [0.15, 0.2) is 46.9 Å². The topological polar surface area (TPSA) is 171 Å². The van der Waals surface area contributed by atoms with Crippen LogP contribution < -0.4 is 4.74 Å². The highest BCUT2D eigenvalue weighted by Gasteiger charge is 2.45. The molecule has 2 heterocycles. The second-order valence-corrected chi connectivity index (χ2v) is 7.18. The third-order valence-electron chi connectivity index (χ3n) is 5.04. The van der Waals surface area contributed by atoms with Crippen molar-refractivity contribution in [3.05, 3.63) is 42.5 Å². The molecular weight excluding hydrogens is 412 g/mol. The Morgan fingerprint density at radius 2 is 1.58 bits per heavy atom. The summed E-state index contributed by atoms with van der Waals surface area (Å²) < 4.78 is 17.0. The van der Waals surface area contributed by atoms with Gasteiger partial charge in [-0.25, -0.2) is 4.42 Å². The highest BCUT2D eigenvalue weighted by atomic mass is 16.7. The van der Waals surface area contributed by atoms with E-state index < -0.39 is 37.3 Å². The van der Waals surface area contributed by atoms with E-state index >= 15 is 0 Å². The number of phenolic OH excluding ortho intramolecular Hbond substituents is 3. The molecule has 10 heteroatoms. The van der Waals surface area contributed by atoms with Gasteiger partial charge in [-0.3, -0.25) is 0 Å². The Bertz CT molecular complexity index is 1080. The number of hydrogen-bond donors (Lipinski definition) is 7. The van der Waals surface area contributed by atoms with Crippen LogP contribution in [-0.4, -0.2) is 73.1 Å². The maximum atomic E-state index is 10.3. The van der Waals surface area contributed by atoms with E-state index in [0.29, 0.717) is 5.56 Å². The van der Waals surface area contributed by atoms with Crippen molar-refractivity contribution in [3.8, 4) is 34.3 Å². The van der Waals surface area contributed by atoms with Crippen LogP contribution in [-0.2, 0) is 4.74 Å². The van der Waals surface area contributed by atoms with Crippen molar-refractivity contribution in [1.82, 2.24) is 0 Å². The van der Waals surface area contributed by atoms with Crippen molar-refractivity contribution in [2.45, 2.75) is 30.7 Å². The average Bonchev–Trinajstić information content (AvgIpc) is 2.74. The van der Waals surface area contributed by atoms with Gasteiger partial charge in [-0.1, -0.05) is 0 Å². The first-order chi connectivity index (χ1) is 14.8. The van der Waals surface area contributed by atoms with Crippen LogP contribution in [0.2, 0.25) is 0 Å². The van der Waals surface area contributed by atoms with Gasteiger partial charge >= 0.3 is 11.3 Å². The zero-order valence-corrected chi connectivity index (χ0v) is 16.0. The van der Waals surface area contributed by atoms with E-state index in [0.717, 1.165) is 6.07 Å². The molecule has 7 N–H and O–H groups in total. The van der Waals surface area contributed by atoms with Gasteiger partial charge in [0.1, 0.15) is 47.1 Å². The minimum absolute atomic E-state index is 0.0104. The Balaban J connectivity index is 1.81. The van der Waals surface area contributed by atoms with Crippen LogP contribution in [0.25, 0.3) is 22.3 Å². The van der Waals surface area contributed by atoms with Gasteiger partial charge < -0.3 is 45.2 Å². The van der Waals surface area contributed by atoms with Gasteiger partial charge in [0.15, 0.2) is 0 Å². The molecule has 1 fully saturated rings. The van der Waals surface area contributed by atoms with Crippen molar-refractivity contribution in [2.75, 3.05) is 6.61 Å². The smallest absolute Gasteiger partial charge is 0.402 e. The predicted molar refractivity (Wildman–Crippen MR) is 105 cm³/mol. The Kier molecular flexibility index (Phi) is 5.56. The number of rotatable bonds is 4. The summed E-state index contributed by atoms with van der Waals surface area (Å²) in [4.78, 5) is 0. The Morgan fingerprint density at radius 1 is 0.871 bits per heavy atom. The minimum Gasteiger partial charge on any atom is -0.508 e. The fraction of sp³-hybridized carbons (Fsp3) is 0.286. The lowest BCUT2D eigenvalue weighted by Crippen LogP contribution is -2.60. The van der Waals surface area contributed by atoms with E-state index in [1.54, 1.807) is 0 Å². The lowest BCUT2D eigenvalue weighted by Gasteiger charge is -2.39. The Morgan fingerprint density at radius 3 is 2.26 bits per heavy atom. The third-order valence-corrected chi connectivity index (χ3v) is 5.04. The van der Waals surface area contributed by atoms with Crippen molar-refractivity contribution in [1.29, 1.82) is 0 Å². The fourth-order valence-corrected chi connectivity index (χ4v) is 3.38. The molecule has 1 aliphatic heterocycles. The Hall–Kier alpha value is -3.15. The van der Waals surface area contributed by atoms with E-state index in [4.69, 9.17) is 13.9 Å². The van der Waals surface area contributed by atoms with Crippen molar-refractivity contribution >= 4 is 11.0 Å². The average molecular weight is 433 g/mol. The molecule has 1 saturated heterocycles. The van der Waals surface area contributed by atoms with E-state index in [1.807, 2.05) is 0 Å². The van der Waals surface area contributed by atoms with E-state index in [9.17, 15) is 35.7 Å². The highest BCUT2D eigenvalue weighted by molar-refractivity contribution is 5.88. The molecule has 0 aliphatic carbocycles. The van der Waals surface area contributed by atoms with Gasteiger partial charge in [-0.15, -0.1) is 0 Å². The second-order valence-electron chi connectivity index (χ2n) is 7.18. The molecule has 0 unspecified atom stereocenters. The molecule has 2 aromatic carbocycles. The SMILES string of the molecule is OC[C@H]1O[C@H](Oc2cc3c(O)cc(O)cc3[o+]c2-c2ccc(O)cc2)[C@H](O)[C@@H](O)[C@H]1O. The summed E-state index contributed by atoms with van der Waals surface area (Å²) in [5.41, 5.74) is 0.573. The van der Waals surface area contributed by atoms with Gasteiger partial charge in [0, 0.05) is 12.1 Å². The molecule has 3 aromatic rings. The number of benzene rings is 2. The van der Waals surface area contributed by atoms with Gasteiger partial charge in [-0.05, 0) is 24.3 Å². The van der Waals surface area contributed by atoms with Crippen LogP contribution in [0, 0.1) is 0 Å². The van der Waals surface area contributed by atoms with Crippen LogP contribution in [0.1, 0.15) is 0 Å². The molecule has 5 atom stereocenters. The summed E-state index contributed by atoms with van der Waals surface area (Å²) in [6.07, 6.45) is -7.52. The van der Waals surface area contributed by atoms with E-state index in [1.165, 1.54) is 36.4 Å². The molecule has 0 spiro atoms. The summed E-state index contributed by atoms with van der Waals surface area (Å²) in [5.74, 6) is -0.420. The molecule has 164 valence electrons. The number of ether oxygens (including phenoxy) is 2. The number of hydrogen-bond acceptors (Lipinski definition) is 9. The standard InChI is InChI=1S/C21H20O10/c22-8-16-17(26)18(27)19(28)21(31-16)30-15-7-12-13(25)5-11(24)6-14(12)29-20(15)9-1-3-10(23)4-2-9/h1-7,16-19,21-22,26-28H,8H2,(H2-,23,24,25)/p+1/t16-,17+,18+,19-,21+/m1/s1. The maximum absolute atomic E-state index is 10.3. The lowest BCUT2D eigenvalue weighted by atomic mass is 9.99. The maximum Gasteiger partial charge on any atom is 0.402 e. The van der Waals surface area contributed by atoms with Gasteiger partial charge in [0.2, 0.25) is 12.0 Å². The molecule has 1 aromatic heterocycles.